The van der Waals surface area contributed by atoms with Crippen molar-refractivity contribution in [1.82, 2.24) is 0 Å². The Morgan fingerprint density at radius 3 is 1.79 bits per heavy atom. The molecule has 0 saturated carbocycles. The molecule has 0 spiro atoms. The lowest BCUT2D eigenvalue weighted by Gasteiger charge is -2.47. The standard InChI is InChI=1S/C59H59BN2O/c1-36-29-43-44(59(10,11)28-27-58(43,8)9)34-49(36)62-48-26-25-38(56(2,3)4)30-45(48)60-46-33-42-41-22-16-18-24-53(41)63-54(42)35-50(46)61(51-31-39(57(5,6)7)32-52(62)55(51)60)47-23-17-15-21-40(47)37-19-13-12-14-20-37/h12-26,29-35H,27-28H2,1-11H3. The highest BCUT2D eigenvalue weighted by Gasteiger charge is 2.46. The number of para-hydroxylation sites is 2. The molecule has 7 aromatic carbocycles. The lowest BCUT2D eigenvalue weighted by molar-refractivity contribution is 0.332. The molecular formula is C59H59BN2O. The van der Waals surface area contributed by atoms with Gasteiger partial charge >= 0.3 is 0 Å². The molecule has 0 radical (unpaired) electrons. The molecule has 1 aliphatic carbocycles. The molecule has 0 atom stereocenters. The molecule has 0 unspecified atom stereocenters. The van der Waals surface area contributed by atoms with E-state index in [0.29, 0.717) is 0 Å². The topological polar surface area (TPSA) is 19.6 Å². The van der Waals surface area contributed by atoms with Gasteiger partial charge in [-0.25, -0.2) is 0 Å². The highest BCUT2D eigenvalue weighted by Crippen LogP contribution is 2.52. The number of aryl methyl sites for hydroxylation is 1. The second kappa shape index (κ2) is 13.5. The van der Waals surface area contributed by atoms with E-state index in [1.165, 1.54) is 90.9 Å². The summed E-state index contributed by atoms with van der Waals surface area (Å²) in [7, 11) is 0. The maximum atomic E-state index is 6.75. The van der Waals surface area contributed by atoms with Crippen molar-refractivity contribution in [2.45, 2.75) is 111 Å². The lowest BCUT2D eigenvalue weighted by atomic mass is 9.33. The lowest BCUT2D eigenvalue weighted by Crippen LogP contribution is -2.61. The normalized spacial score (nSPS) is 16.2. The Balaban J connectivity index is 1.30. The SMILES string of the molecule is Cc1cc2c(cc1N1c3ccc(C(C)(C)C)cc3B3c4cc5c(cc4N(c4ccccc4-c4ccccc4)c4cc(C(C)(C)C)cc1c43)oc1ccccc15)C(C)(C)CCC2(C)C. The molecule has 0 fully saturated rings. The summed E-state index contributed by atoms with van der Waals surface area (Å²) in [6.45, 7) is 26.2. The highest BCUT2D eigenvalue weighted by molar-refractivity contribution is 7.00. The molecular weight excluding hydrogens is 763 g/mol. The third kappa shape index (κ3) is 6.07. The number of hydrogen-bond donors (Lipinski definition) is 0. The fourth-order valence-electron chi connectivity index (χ4n) is 11.1. The molecule has 11 rings (SSSR count). The maximum absolute atomic E-state index is 6.75. The number of nitrogens with zero attached hydrogens (tertiary/aromatic N) is 2. The minimum Gasteiger partial charge on any atom is -0.456 e. The minimum absolute atomic E-state index is 0.0286. The van der Waals surface area contributed by atoms with Gasteiger partial charge in [0.2, 0.25) is 0 Å². The summed E-state index contributed by atoms with van der Waals surface area (Å²) in [5.74, 6) is 0. The van der Waals surface area contributed by atoms with Crippen LogP contribution in [0.3, 0.4) is 0 Å². The van der Waals surface area contributed by atoms with Crippen LogP contribution < -0.4 is 26.2 Å². The van der Waals surface area contributed by atoms with Crippen molar-refractivity contribution < 1.29 is 4.42 Å². The molecule has 0 saturated heterocycles. The molecule has 3 heterocycles. The first-order valence-corrected chi connectivity index (χ1v) is 23.1. The van der Waals surface area contributed by atoms with Crippen LogP contribution in [0.1, 0.15) is 110 Å². The van der Waals surface area contributed by atoms with E-state index >= 15 is 0 Å². The van der Waals surface area contributed by atoms with E-state index < -0.39 is 0 Å². The molecule has 63 heavy (non-hydrogen) atoms. The minimum atomic E-state index is -0.131. The van der Waals surface area contributed by atoms with Crippen LogP contribution in [0.25, 0.3) is 33.1 Å². The summed E-state index contributed by atoms with van der Waals surface area (Å²) in [5, 5.41) is 2.31. The molecule has 2 aliphatic heterocycles. The maximum Gasteiger partial charge on any atom is 0.252 e. The van der Waals surface area contributed by atoms with Crippen LogP contribution in [-0.2, 0) is 21.7 Å². The zero-order chi connectivity index (χ0) is 44.0. The van der Waals surface area contributed by atoms with E-state index in [-0.39, 0.29) is 28.4 Å². The van der Waals surface area contributed by atoms with Crippen molar-refractivity contribution in [3.63, 3.8) is 0 Å². The number of benzene rings is 7. The van der Waals surface area contributed by atoms with E-state index in [1.54, 1.807) is 0 Å². The number of hydrogen-bond acceptors (Lipinski definition) is 3. The predicted octanol–water partition coefficient (Wildman–Crippen LogP) is 14.6. The van der Waals surface area contributed by atoms with Crippen LogP contribution in [0.4, 0.5) is 34.1 Å². The van der Waals surface area contributed by atoms with Gasteiger partial charge in [-0.2, -0.15) is 0 Å². The van der Waals surface area contributed by atoms with Crippen LogP contribution in [0, 0.1) is 6.92 Å². The molecule has 0 N–H and O–H groups in total. The number of fused-ring (bicyclic) bond motifs is 8. The summed E-state index contributed by atoms with van der Waals surface area (Å²) in [4.78, 5) is 5.24. The molecule has 1 aromatic heterocycles. The summed E-state index contributed by atoms with van der Waals surface area (Å²) < 4.78 is 6.75. The third-order valence-electron chi connectivity index (χ3n) is 14.9. The highest BCUT2D eigenvalue weighted by atomic mass is 16.3. The van der Waals surface area contributed by atoms with E-state index in [2.05, 4.69) is 219 Å². The third-order valence-corrected chi connectivity index (χ3v) is 14.9. The molecule has 0 amide bonds. The van der Waals surface area contributed by atoms with Crippen LogP contribution in [0.5, 0.6) is 0 Å². The van der Waals surface area contributed by atoms with Gasteiger partial charge in [-0.3, -0.25) is 0 Å². The van der Waals surface area contributed by atoms with E-state index in [1.807, 2.05) is 0 Å². The van der Waals surface area contributed by atoms with Crippen LogP contribution >= 0.6 is 0 Å². The van der Waals surface area contributed by atoms with Gasteiger partial charge in [0.15, 0.2) is 0 Å². The Labute approximate surface area is 374 Å². The Morgan fingerprint density at radius 2 is 1.10 bits per heavy atom. The van der Waals surface area contributed by atoms with Gasteiger partial charge in [0.05, 0.1) is 5.69 Å². The average Bonchev–Trinajstić information content (AvgIpc) is 3.61. The van der Waals surface area contributed by atoms with Crippen molar-refractivity contribution in [2.24, 2.45) is 0 Å². The predicted molar refractivity (Wildman–Crippen MR) is 271 cm³/mol. The Bertz CT molecular complexity index is 3170. The number of rotatable bonds is 3. The van der Waals surface area contributed by atoms with Crippen molar-refractivity contribution in [1.29, 1.82) is 0 Å². The molecule has 314 valence electrons. The Kier molecular flexibility index (Phi) is 8.54. The van der Waals surface area contributed by atoms with Crippen molar-refractivity contribution >= 4 is 79.2 Å². The van der Waals surface area contributed by atoms with Gasteiger partial charge < -0.3 is 14.2 Å². The van der Waals surface area contributed by atoms with E-state index in [0.717, 1.165) is 33.3 Å². The molecule has 3 aliphatic rings. The van der Waals surface area contributed by atoms with Gasteiger partial charge in [-0.05, 0) is 128 Å². The van der Waals surface area contributed by atoms with Crippen molar-refractivity contribution in [3.05, 3.63) is 161 Å². The zero-order valence-corrected chi connectivity index (χ0v) is 39.0. The first-order chi connectivity index (χ1) is 29.9. The quantitative estimate of drug-likeness (QED) is 0.166. The van der Waals surface area contributed by atoms with Crippen LogP contribution in [0.15, 0.2) is 138 Å². The van der Waals surface area contributed by atoms with Gasteiger partial charge in [-0.15, -0.1) is 0 Å². The van der Waals surface area contributed by atoms with Gasteiger partial charge in [0, 0.05) is 50.8 Å². The Morgan fingerprint density at radius 1 is 0.492 bits per heavy atom. The average molecular weight is 823 g/mol. The number of anilines is 6. The molecule has 3 nitrogen and oxygen atoms in total. The fraction of sp³-hybridized carbons (Fsp3) is 0.288. The summed E-state index contributed by atoms with van der Waals surface area (Å²) in [6, 6.07) is 50.8. The Hall–Kier alpha value is -6.00. The molecule has 8 aromatic rings. The second-order valence-corrected chi connectivity index (χ2v) is 22.1. The van der Waals surface area contributed by atoms with Gasteiger partial charge in [0.1, 0.15) is 11.2 Å². The van der Waals surface area contributed by atoms with E-state index in [9.17, 15) is 0 Å². The smallest absolute Gasteiger partial charge is 0.252 e. The zero-order valence-electron chi connectivity index (χ0n) is 39.0. The first kappa shape index (κ1) is 39.8. The van der Waals surface area contributed by atoms with Crippen molar-refractivity contribution in [3.8, 4) is 11.1 Å². The summed E-state index contributed by atoms with van der Waals surface area (Å²) >= 11 is 0. The largest absolute Gasteiger partial charge is 0.456 e. The second-order valence-electron chi connectivity index (χ2n) is 22.1. The van der Waals surface area contributed by atoms with Crippen LogP contribution in [-0.4, -0.2) is 6.71 Å². The summed E-state index contributed by atoms with van der Waals surface area (Å²) in [6.07, 6.45) is 2.36. The van der Waals surface area contributed by atoms with E-state index in [4.69, 9.17) is 4.42 Å². The van der Waals surface area contributed by atoms with Gasteiger partial charge in [-0.1, -0.05) is 160 Å². The monoisotopic (exact) mass is 822 g/mol. The number of furan rings is 1. The van der Waals surface area contributed by atoms with Gasteiger partial charge in [0.25, 0.3) is 6.71 Å². The van der Waals surface area contributed by atoms with Crippen LogP contribution in [0.2, 0.25) is 0 Å². The fourth-order valence-corrected chi connectivity index (χ4v) is 11.1. The first-order valence-electron chi connectivity index (χ1n) is 23.1. The molecule has 4 heteroatoms. The van der Waals surface area contributed by atoms with Crippen molar-refractivity contribution in [2.75, 3.05) is 9.80 Å². The molecule has 0 bridgehead atoms. The summed E-state index contributed by atoms with van der Waals surface area (Å²) in [5.41, 5.74) is 22.5.